The van der Waals surface area contributed by atoms with Gasteiger partial charge in [0, 0.05) is 0 Å². The van der Waals surface area contributed by atoms with E-state index in [-0.39, 0.29) is 40.0 Å². The molecule has 0 unspecified atom stereocenters. The van der Waals surface area contributed by atoms with Gasteiger partial charge in [0.15, 0.2) is 0 Å². The molecule has 0 aliphatic heterocycles. The van der Waals surface area contributed by atoms with Crippen molar-refractivity contribution in [2.24, 2.45) is 0 Å². The van der Waals surface area contributed by atoms with Gasteiger partial charge >= 0.3 is 25.8 Å². The molecule has 0 atom stereocenters. The summed E-state index contributed by atoms with van der Waals surface area (Å²) in [6, 6.07) is 0. The standard InChI is InChI=1S/C10H15.3FH.Hf/c1-6-7(2)9(4)10(5)8(6)3;;;;/h1-5H3;3*1H;/q-1;;;;+4/p-3. The summed E-state index contributed by atoms with van der Waals surface area (Å²) in [6.07, 6.45) is 0. The Bertz CT molecular complexity index is 187. The first kappa shape index (κ1) is 23.7. The van der Waals surface area contributed by atoms with Crippen LogP contribution in [0.2, 0.25) is 0 Å². The van der Waals surface area contributed by atoms with Gasteiger partial charge in [-0.15, -0.1) is 0 Å². The van der Waals surface area contributed by atoms with Crippen molar-refractivity contribution >= 4 is 0 Å². The zero-order chi connectivity index (χ0) is 7.89. The van der Waals surface area contributed by atoms with Gasteiger partial charge in [0.2, 0.25) is 0 Å². The first-order valence-electron chi connectivity index (χ1n) is 3.75. The monoisotopic (exact) mass is 372 g/mol. The molecule has 0 saturated carbocycles. The molecule has 4 heteroatoms. The fourth-order valence-corrected chi connectivity index (χ4v) is 1.41. The first-order valence-corrected chi connectivity index (χ1v) is 3.75. The molecule has 0 bridgehead atoms. The summed E-state index contributed by atoms with van der Waals surface area (Å²) in [5, 5.41) is 0. The molecule has 0 fully saturated rings. The Morgan fingerprint density at radius 2 is 0.929 bits per heavy atom. The van der Waals surface area contributed by atoms with Gasteiger partial charge in [0.05, 0.1) is 0 Å². The molecule has 0 aliphatic rings. The minimum absolute atomic E-state index is 0. The molecule has 0 heterocycles. The zero-order valence-corrected chi connectivity index (χ0v) is 12.7. The first-order chi connectivity index (χ1) is 4.55. The zero-order valence-electron chi connectivity index (χ0n) is 9.13. The number of hydrogen-bond acceptors (Lipinski definition) is 0. The molecule has 1 rings (SSSR count). The minimum Gasteiger partial charge on any atom is -1.00 e. The molecule has 0 spiro atoms. The van der Waals surface area contributed by atoms with E-state index in [9.17, 15) is 0 Å². The predicted molar refractivity (Wildman–Crippen MR) is 45.7 cm³/mol. The second-order valence-electron chi connectivity index (χ2n) is 3.12. The second kappa shape index (κ2) is 8.33. The summed E-state index contributed by atoms with van der Waals surface area (Å²) in [7, 11) is 0. The summed E-state index contributed by atoms with van der Waals surface area (Å²) in [4.78, 5) is 0. The number of rotatable bonds is 0. The second-order valence-corrected chi connectivity index (χ2v) is 3.12. The van der Waals surface area contributed by atoms with Crippen molar-refractivity contribution in [3.8, 4) is 0 Å². The molecule has 80 valence electrons. The SMILES string of the molecule is Cc1c(C)c(C)[c-](C)c1C.[F-].[F-].[F-].[Hf+4]. The van der Waals surface area contributed by atoms with E-state index >= 15 is 0 Å². The normalized spacial score (nSPS) is 7.50. The van der Waals surface area contributed by atoms with E-state index in [1.54, 1.807) is 0 Å². The van der Waals surface area contributed by atoms with Crippen molar-refractivity contribution in [3.05, 3.63) is 27.8 Å². The summed E-state index contributed by atoms with van der Waals surface area (Å²) in [5.74, 6) is 0. The van der Waals surface area contributed by atoms with Gasteiger partial charge in [-0.3, -0.25) is 0 Å². The Balaban J connectivity index is -0.000000125. The van der Waals surface area contributed by atoms with E-state index in [4.69, 9.17) is 0 Å². The average Bonchev–Trinajstić information content (AvgIpc) is 2.07. The quantitative estimate of drug-likeness (QED) is 0.315. The molecule has 1 aromatic carbocycles. The molecule has 0 N–H and O–H groups in total. The summed E-state index contributed by atoms with van der Waals surface area (Å²) in [5.41, 5.74) is 7.34. The summed E-state index contributed by atoms with van der Waals surface area (Å²) < 4.78 is 0. The maximum atomic E-state index is 2.20. The van der Waals surface area contributed by atoms with Crippen molar-refractivity contribution in [1.29, 1.82) is 0 Å². The average molecular weight is 371 g/mol. The Hall–Kier alpha value is 0.0101. The third-order valence-electron chi connectivity index (χ3n) is 2.81. The van der Waals surface area contributed by atoms with Crippen LogP contribution in [0.25, 0.3) is 0 Å². The van der Waals surface area contributed by atoms with Gasteiger partial charge in [0.25, 0.3) is 0 Å². The summed E-state index contributed by atoms with van der Waals surface area (Å²) >= 11 is 0. The molecule has 0 nitrogen and oxygen atoms in total. The maximum absolute atomic E-state index is 2.20. The molecule has 0 aromatic heterocycles. The maximum Gasteiger partial charge on any atom is 4.00 e. The van der Waals surface area contributed by atoms with Gasteiger partial charge in [-0.05, 0) is 0 Å². The fourth-order valence-electron chi connectivity index (χ4n) is 1.41. The third-order valence-corrected chi connectivity index (χ3v) is 2.81. The molecular formula is C10H15F3Hf. The van der Waals surface area contributed by atoms with Crippen LogP contribution in [0.4, 0.5) is 0 Å². The summed E-state index contributed by atoms with van der Waals surface area (Å²) in [6.45, 7) is 11.0. The van der Waals surface area contributed by atoms with Gasteiger partial charge in [0.1, 0.15) is 0 Å². The van der Waals surface area contributed by atoms with E-state index in [1.807, 2.05) is 0 Å². The topological polar surface area (TPSA) is 0 Å². The fraction of sp³-hybridized carbons (Fsp3) is 0.500. The van der Waals surface area contributed by atoms with Gasteiger partial charge < -0.3 is 14.1 Å². The van der Waals surface area contributed by atoms with E-state index in [0.29, 0.717) is 0 Å². The van der Waals surface area contributed by atoms with E-state index < -0.39 is 0 Å². The Morgan fingerprint density at radius 3 is 1.00 bits per heavy atom. The van der Waals surface area contributed by atoms with E-state index in [1.165, 1.54) is 27.8 Å². The van der Waals surface area contributed by atoms with Crippen LogP contribution in [0.15, 0.2) is 0 Å². The van der Waals surface area contributed by atoms with Crippen LogP contribution < -0.4 is 14.1 Å². The van der Waals surface area contributed by atoms with Crippen molar-refractivity contribution in [1.82, 2.24) is 0 Å². The van der Waals surface area contributed by atoms with Crippen molar-refractivity contribution in [2.75, 3.05) is 0 Å². The van der Waals surface area contributed by atoms with E-state index in [2.05, 4.69) is 34.6 Å². The molecule has 0 aliphatic carbocycles. The molecular weight excluding hydrogens is 356 g/mol. The van der Waals surface area contributed by atoms with Crippen LogP contribution in [-0.2, 0) is 25.8 Å². The van der Waals surface area contributed by atoms with Crippen molar-refractivity contribution in [2.45, 2.75) is 34.6 Å². The number of halogens is 3. The van der Waals surface area contributed by atoms with E-state index in [0.717, 1.165) is 0 Å². The van der Waals surface area contributed by atoms with Crippen LogP contribution in [0, 0.1) is 34.6 Å². The van der Waals surface area contributed by atoms with Crippen LogP contribution in [-0.4, -0.2) is 0 Å². The van der Waals surface area contributed by atoms with Gasteiger partial charge in [-0.1, -0.05) is 34.6 Å². The molecule has 14 heavy (non-hydrogen) atoms. The van der Waals surface area contributed by atoms with Crippen LogP contribution in [0.3, 0.4) is 0 Å². The molecule has 0 amide bonds. The van der Waals surface area contributed by atoms with Gasteiger partial charge in [-0.2, -0.15) is 27.8 Å². The predicted octanol–water partition coefficient (Wildman–Crippen LogP) is -6.04. The molecule has 0 saturated heterocycles. The van der Waals surface area contributed by atoms with Gasteiger partial charge in [-0.25, -0.2) is 0 Å². The molecule has 0 radical (unpaired) electrons. The Morgan fingerprint density at radius 1 is 0.714 bits per heavy atom. The number of hydrogen-bond donors (Lipinski definition) is 0. The van der Waals surface area contributed by atoms with Crippen LogP contribution >= 0.6 is 0 Å². The Labute approximate surface area is 102 Å². The Kier molecular flexibility index (Phi) is 14.1. The smallest absolute Gasteiger partial charge is 1.00 e. The van der Waals surface area contributed by atoms with Crippen molar-refractivity contribution < 1.29 is 40.0 Å². The largest absolute Gasteiger partial charge is 4.00 e. The van der Waals surface area contributed by atoms with Crippen molar-refractivity contribution in [3.63, 3.8) is 0 Å². The van der Waals surface area contributed by atoms with Crippen LogP contribution in [0.1, 0.15) is 27.8 Å². The third kappa shape index (κ3) is 3.64. The molecule has 1 aromatic rings. The van der Waals surface area contributed by atoms with Crippen LogP contribution in [0.5, 0.6) is 0 Å². The minimum atomic E-state index is 0.